The van der Waals surface area contributed by atoms with Crippen LogP contribution >= 0.6 is 11.6 Å². The van der Waals surface area contributed by atoms with E-state index in [-0.39, 0.29) is 16.5 Å². The highest BCUT2D eigenvalue weighted by Gasteiger charge is 2.18. The summed E-state index contributed by atoms with van der Waals surface area (Å²) in [4.78, 5) is 32.7. The van der Waals surface area contributed by atoms with Crippen molar-refractivity contribution in [1.29, 1.82) is 0 Å². The average Bonchev–Trinajstić information content (AvgIpc) is 2.75. The van der Waals surface area contributed by atoms with Gasteiger partial charge in [0, 0.05) is 33.1 Å². The van der Waals surface area contributed by atoms with Crippen molar-refractivity contribution < 1.29 is 4.39 Å². The summed E-state index contributed by atoms with van der Waals surface area (Å²) in [6.45, 7) is 0. The Bertz CT molecular complexity index is 1570. The number of nitrogens with one attached hydrogen (secondary N) is 1. The number of pyridine rings is 1. The van der Waals surface area contributed by atoms with E-state index in [4.69, 9.17) is 11.6 Å². The molecule has 5 aromatic rings. The summed E-state index contributed by atoms with van der Waals surface area (Å²) in [6, 6.07) is 17.1. The van der Waals surface area contributed by atoms with Crippen molar-refractivity contribution in [3.8, 4) is 16.8 Å². The Morgan fingerprint density at radius 3 is 2.47 bits per heavy atom. The molecule has 0 atom stereocenters. The fourth-order valence-electron chi connectivity index (χ4n) is 3.64. The van der Waals surface area contributed by atoms with E-state index in [0.29, 0.717) is 21.7 Å². The summed E-state index contributed by atoms with van der Waals surface area (Å²) in [6.07, 6.45) is 3.09. The van der Waals surface area contributed by atoms with Crippen LogP contribution < -0.4 is 11.2 Å². The summed E-state index contributed by atoms with van der Waals surface area (Å²) in [5.41, 5.74) is -0.532. The Hall–Kier alpha value is -3.77. The minimum atomic E-state index is -0.749. The first-order chi connectivity index (χ1) is 14.6. The molecule has 0 amide bonds. The molecular formula is C23H13ClFN3O2. The molecule has 0 aliphatic rings. The monoisotopic (exact) mass is 417 g/mol. The Labute approximate surface area is 174 Å². The number of aromatic amines is 1. The smallest absolute Gasteiger partial charge is 0.304 e. The second kappa shape index (κ2) is 6.93. The lowest BCUT2D eigenvalue weighted by Gasteiger charge is -2.11. The fraction of sp³-hybridized carbons (Fsp3) is 0. The lowest BCUT2D eigenvalue weighted by molar-refractivity contribution is 0.638. The lowest BCUT2D eigenvalue weighted by atomic mass is 10.0. The molecule has 0 saturated heterocycles. The second-order valence-electron chi connectivity index (χ2n) is 6.78. The van der Waals surface area contributed by atoms with E-state index in [0.717, 1.165) is 9.95 Å². The number of aromatic nitrogens is 3. The Balaban J connectivity index is 1.82. The van der Waals surface area contributed by atoms with Crippen molar-refractivity contribution in [3.63, 3.8) is 0 Å². The van der Waals surface area contributed by atoms with E-state index in [9.17, 15) is 9.59 Å². The molecule has 0 aliphatic heterocycles. The minimum Gasteiger partial charge on any atom is -0.304 e. The highest BCUT2D eigenvalue weighted by molar-refractivity contribution is 6.33. The molecule has 2 heterocycles. The van der Waals surface area contributed by atoms with Crippen LogP contribution in [-0.2, 0) is 0 Å². The van der Waals surface area contributed by atoms with Gasteiger partial charge in [-0.05, 0) is 12.1 Å². The molecule has 2 aromatic heterocycles. The third-order valence-corrected chi connectivity index (χ3v) is 5.39. The number of hydrogen-bond acceptors (Lipinski definition) is 3. The molecule has 0 unspecified atom stereocenters. The van der Waals surface area contributed by atoms with E-state index in [2.05, 4.69) is 9.97 Å². The lowest BCUT2D eigenvalue weighted by Crippen LogP contribution is -2.34. The van der Waals surface area contributed by atoms with Crippen molar-refractivity contribution in [2.24, 2.45) is 0 Å². The normalized spacial score (nSPS) is 11.3. The maximum absolute atomic E-state index is 15.3. The molecule has 7 heteroatoms. The predicted molar refractivity (Wildman–Crippen MR) is 116 cm³/mol. The number of halogens is 2. The Kier molecular flexibility index (Phi) is 4.22. The molecule has 0 spiro atoms. The van der Waals surface area contributed by atoms with Crippen LogP contribution in [0.5, 0.6) is 0 Å². The Morgan fingerprint density at radius 2 is 1.63 bits per heavy atom. The number of nitrogens with zero attached hydrogens (tertiary/aromatic N) is 2. The van der Waals surface area contributed by atoms with Gasteiger partial charge in [0.15, 0.2) is 5.82 Å². The van der Waals surface area contributed by atoms with Crippen molar-refractivity contribution in [3.05, 3.63) is 105 Å². The van der Waals surface area contributed by atoms with Crippen molar-refractivity contribution in [2.75, 3.05) is 0 Å². The van der Waals surface area contributed by atoms with Crippen LogP contribution in [0.25, 0.3) is 38.5 Å². The molecule has 1 N–H and O–H groups in total. The third-order valence-electron chi connectivity index (χ3n) is 5.06. The summed E-state index contributed by atoms with van der Waals surface area (Å²) in [7, 11) is 0. The van der Waals surface area contributed by atoms with Crippen LogP contribution in [0, 0.1) is 5.82 Å². The van der Waals surface area contributed by atoms with Crippen molar-refractivity contribution in [1.82, 2.24) is 14.5 Å². The number of H-pyrrole nitrogens is 1. The highest BCUT2D eigenvalue weighted by atomic mass is 35.5. The predicted octanol–water partition coefficient (Wildman–Crippen LogP) is 4.69. The number of benzene rings is 3. The highest BCUT2D eigenvalue weighted by Crippen LogP contribution is 2.31. The Morgan fingerprint density at radius 1 is 0.867 bits per heavy atom. The zero-order valence-electron chi connectivity index (χ0n) is 15.4. The van der Waals surface area contributed by atoms with Gasteiger partial charge in [-0.25, -0.2) is 13.8 Å². The fourth-order valence-corrected chi connectivity index (χ4v) is 3.87. The first kappa shape index (κ1) is 18.3. The summed E-state index contributed by atoms with van der Waals surface area (Å²) < 4.78 is 16.3. The molecule has 0 saturated carbocycles. The quantitative estimate of drug-likeness (QED) is 0.453. The molecular weight excluding hydrogens is 405 g/mol. The third kappa shape index (κ3) is 2.73. The first-order valence-electron chi connectivity index (χ1n) is 9.12. The minimum absolute atomic E-state index is 0.0517. The maximum atomic E-state index is 15.3. The van der Waals surface area contributed by atoms with E-state index < -0.39 is 17.1 Å². The van der Waals surface area contributed by atoms with Crippen LogP contribution in [0.3, 0.4) is 0 Å². The standard InChI is InChI=1S/C23H13ClFN3O2/c24-18-8-4-3-7-15(18)16-9-10-17-21(20(16)25)27-23(30)28(22(17)29)19-12-26-11-13-5-1-2-6-14(13)19/h1-12H,(H,27,30). The van der Waals surface area contributed by atoms with Crippen molar-refractivity contribution in [2.45, 2.75) is 0 Å². The largest absolute Gasteiger partial charge is 0.333 e. The maximum Gasteiger partial charge on any atom is 0.333 e. The summed E-state index contributed by atoms with van der Waals surface area (Å²) >= 11 is 6.19. The van der Waals surface area contributed by atoms with Crippen LogP contribution in [0.15, 0.2) is 82.6 Å². The molecule has 0 radical (unpaired) electrons. The summed E-state index contributed by atoms with van der Waals surface area (Å²) in [5.74, 6) is -0.710. The van der Waals surface area contributed by atoms with Crippen LogP contribution in [0.2, 0.25) is 5.02 Å². The van der Waals surface area contributed by atoms with Gasteiger partial charge < -0.3 is 4.98 Å². The topological polar surface area (TPSA) is 67.8 Å². The average molecular weight is 418 g/mol. The van der Waals surface area contributed by atoms with Gasteiger partial charge in [-0.15, -0.1) is 0 Å². The molecule has 30 heavy (non-hydrogen) atoms. The summed E-state index contributed by atoms with van der Waals surface area (Å²) in [5, 5.41) is 1.89. The second-order valence-corrected chi connectivity index (χ2v) is 7.19. The van der Waals surface area contributed by atoms with E-state index in [1.165, 1.54) is 18.3 Å². The van der Waals surface area contributed by atoms with Crippen molar-refractivity contribution >= 4 is 33.3 Å². The molecule has 146 valence electrons. The van der Waals surface area contributed by atoms with Gasteiger partial charge >= 0.3 is 5.69 Å². The molecule has 0 bridgehead atoms. The SMILES string of the molecule is O=c1[nH]c2c(F)c(-c3ccccc3Cl)ccc2c(=O)n1-c1cncc2ccccc12. The first-order valence-corrected chi connectivity index (χ1v) is 9.49. The van der Waals surface area contributed by atoms with Crippen LogP contribution in [-0.4, -0.2) is 14.5 Å². The van der Waals surface area contributed by atoms with Gasteiger partial charge in [-0.1, -0.05) is 60.1 Å². The zero-order chi connectivity index (χ0) is 20.8. The molecule has 0 fully saturated rings. The van der Waals surface area contributed by atoms with Gasteiger partial charge in [-0.3, -0.25) is 9.78 Å². The van der Waals surface area contributed by atoms with Gasteiger partial charge in [0.2, 0.25) is 0 Å². The van der Waals surface area contributed by atoms with E-state index >= 15 is 4.39 Å². The van der Waals surface area contributed by atoms with Gasteiger partial charge in [-0.2, -0.15) is 0 Å². The van der Waals surface area contributed by atoms with Gasteiger partial charge in [0.1, 0.15) is 0 Å². The molecule has 3 aromatic carbocycles. The van der Waals surface area contributed by atoms with E-state index in [1.807, 2.05) is 18.2 Å². The van der Waals surface area contributed by atoms with Gasteiger partial charge in [0.05, 0.1) is 22.8 Å². The zero-order valence-corrected chi connectivity index (χ0v) is 16.2. The van der Waals surface area contributed by atoms with Crippen LogP contribution in [0.4, 0.5) is 4.39 Å². The number of fused-ring (bicyclic) bond motifs is 2. The molecule has 5 nitrogen and oxygen atoms in total. The number of rotatable bonds is 2. The number of hydrogen-bond donors (Lipinski definition) is 1. The van der Waals surface area contributed by atoms with Gasteiger partial charge in [0.25, 0.3) is 5.56 Å². The molecule has 0 aliphatic carbocycles. The van der Waals surface area contributed by atoms with Crippen LogP contribution in [0.1, 0.15) is 0 Å². The molecule has 5 rings (SSSR count). The van der Waals surface area contributed by atoms with E-state index in [1.54, 1.807) is 36.5 Å².